The van der Waals surface area contributed by atoms with Crippen molar-refractivity contribution in [2.45, 2.75) is 26.7 Å². The fraction of sp³-hybridized carbons (Fsp3) is 0.619. The fourth-order valence-corrected chi connectivity index (χ4v) is 2.37. The molecule has 0 saturated heterocycles. The second-order valence-electron chi connectivity index (χ2n) is 7.74. The van der Waals surface area contributed by atoms with Crippen molar-refractivity contribution in [3.05, 3.63) is 29.8 Å². The molecule has 1 aromatic carbocycles. The summed E-state index contributed by atoms with van der Waals surface area (Å²) in [5.41, 5.74) is 1.26. The minimum Gasteiger partial charge on any atom is -0.497 e. The van der Waals surface area contributed by atoms with Crippen LogP contribution in [0, 0.1) is 5.41 Å². The van der Waals surface area contributed by atoms with Crippen LogP contribution in [-0.2, 0) is 16.0 Å². The Morgan fingerprint density at radius 1 is 1.14 bits per heavy atom. The number of hydrogen-bond acceptors (Lipinski definition) is 4. The Morgan fingerprint density at radius 2 is 1.79 bits per heavy atom. The lowest BCUT2D eigenvalue weighted by Crippen LogP contribution is -2.43. The molecular weight excluding hydrogens is 483 g/mol. The molecule has 0 bridgehead atoms. The van der Waals surface area contributed by atoms with Gasteiger partial charge in [-0.05, 0) is 36.0 Å². The first-order valence-corrected chi connectivity index (χ1v) is 9.61. The minimum atomic E-state index is -0.0325. The molecule has 8 heteroatoms. The molecule has 2 N–H and O–H groups in total. The molecule has 0 aliphatic heterocycles. The van der Waals surface area contributed by atoms with Gasteiger partial charge < -0.3 is 25.0 Å². The summed E-state index contributed by atoms with van der Waals surface area (Å²) in [6.45, 7) is 6.64. The summed E-state index contributed by atoms with van der Waals surface area (Å²) in [7, 11) is 6.84. The summed E-state index contributed by atoms with van der Waals surface area (Å²) >= 11 is 0. The third kappa shape index (κ3) is 11.9. The van der Waals surface area contributed by atoms with Gasteiger partial charge in [-0.25, -0.2) is 4.99 Å². The lowest BCUT2D eigenvalue weighted by atomic mass is 9.90. The van der Waals surface area contributed by atoms with E-state index in [0.29, 0.717) is 19.1 Å². The molecule has 0 heterocycles. The van der Waals surface area contributed by atoms with E-state index in [9.17, 15) is 4.79 Å². The molecule has 29 heavy (non-hydrogen) atoms. The number of benzene rings is 1. The highest BCUT2D eigenvalue weighted by atomic mass is 127. The number of aliphatic imine (C=N–C) groups is 1. The highest BCUT2D eigenvalue weighted by molar-refractivity contribution is 14.0. The summed E-state index contributed by atoms with van der Waals surface area (Å²) in [6.07, 6.45) is 1.78. The van der Waals surface area contributed by atoms with E-state index in [1.807, 2.05) is 24.3 Å². The topological polar surface area (TPSA) is 75.2 Å². The molecule has 1 aromatic rings. The number of guanidine groups is 1. The van der Waals surface area contributed by atoms with Crippen molar-refractivity contribution in [1.82, 2.24) is 15.5 Å². The smallest absolute Gasteiger partial charge is 0.243 e. The van der Waals surface area contributed by atoms with Crippen molar-refractivity contribution in [2.75, 3.05) is 54.6 Å². The van der Waals surface area contributed by atoms with E-state index in [0.717, 1.165) is 25.1 Å². The van der Waals surface area contributed by atoms with Gasteiger partial charge in [0.15, 0.2) is 5.96 Å². The quantitative estimate of drug-likeness (QED) is 0.267. The monoisotopic (exact) mass is 520 g/mol. The molecule has 0 aliphatic rings. The van der Waals surface area contributed by atoms with Crippen LogP contribution in [0.1, 0.15) is 25.8 Å². The van der Waals surface area contributed by atoms with E-state index >= 15 is 0 Å². The number of methoxy groups -OCH3 is 2. The van der Waals surface area contributed by atoms with Gasteiger partial charge in [0, 0.05) is 40.9 Å². The summed E-state index contributed by atoms with van der Waals surface area (Å²) in [4.78, 5) is 17.9. The van der Waals surface area contributed by atoms with Crippen LogP contribution in [-0.4, -0.2) is 71.3 Å². The van der Waals surface area contributed by atoms with Crippen LogP contribution < -0.4 is 15.4 Å². The fourth-order valence-electron chi connectivity index (χ4n) is 2.37. The Balaban J connectivity index is 0.00000784. The zero-order chi connectivity index (χ0) is 21.0. The van der Waals surface area contributed by atoms with Crippen LogP contribution in [0.25, 0.3) is 0 Å². The molecule has 166 valence electrons. The Kier molecular flexibility index (Phi) is 13.7. The number of nitrogens with one attached hydrogen (secondary N) is 2. The Bertz CT molecular complexity index is 619. The number of carbonyl (C=O) groups is 1. The predicted molar refractivity (Wildman–Crippen MR) is 129 cm³/mol. The van der Waals surface area contributed by atoms with E-state index in [2.05, 4.69) is 29.5 Å². The largest absolute Gasteiger partial charge is 0.497 e. The number of carbonyl (C=O) groups excluding carboxylic acids is 1. The molecular formula is C21H37IN4O3. The van der Waals surface area contributed by atoms with Crippen LogP contribution in [0.3, 0.4) is 0 Å². The second kappa shape index (κ2) is 14.4. The van der Waals surface area contributed by atoms with Crippen molar-refractivity contribution in [3.63, 3.8) is 0 Å². The number of amides is 1. The lowest BCUT2D eigenvalue weighted by Gasteiger charge is -2.26. The second-order valence-corrected chi connectivity index (χ2v) is 7.74. The molecule has 7 nitrogen and oxygen atoms in total. The van der Waals surface area contributed by atoms with Crippen molar-refractivity contribution in [2.24, 2.45) is 10.4 Å². The van der Waals surface area contributed by atoms with Crippen LogP contribution >= 0.6 is 24.0 Å². The summed E-state index contributed by atoms with van der Waals surface area (Å²) in [6, 6.07) is 8.01. The number of halogens is 1. The highest BCUT2D eigenvalue weighted by Crippen LogP contribution is 2.18. The first kappa shape index (κ1) is 27.5. The van der Waals surface area contributed by atoms with E-state index in [-0.39, 0.29) is 41.8 Å². The number of rotatable bonds is 11. The Hall–Kier alpha value is -1.55. The number of likely N-dealkylation sites (N-methyl/N-ethyl adjacent to an activating group) is 1. The molecule has 0 atom stereocenters. The van der Waals surface area contributed by atoms with Crippen LogP contribution in [0.2, 0.25) is 0 Å². The number of ether oxygens (including phenoxy) is 2. The van der Waals surface area contributed by atoms with Gasteiger partial charge in [0.25, 0.3) is 0 Å². The molecule has 0 radical (unpaired) electrons. The normalized spacial score (nSPS) is 11.4. The van der Waals surface area contributed by atoms with Crippen molar-refractivity contribution < 1.29 is 14.3 Å². The zero-order valence-corrected chi connectivity index (χ0v) is 20.9. The molecule has 1 amide bonds. The number of hydrogen-bond donors (Lipinski definition) is 2. The molecule has 1 rings (SSSR count). The maximum Gasteiger partial charge on any atom is 0.243 e. The van der Waals surface area contributed by atoms with Crippen LogP contribution in [0.15, 0.2) is 29.3 Å². The average molecular weight is 520 g/mol. The van der Waals surface area contributed by atoms with Crippen LogP contribution in [0.4, 0.5) is 0 Å². The first-order chi connectivity index (χ1) is 13.3. The first-order valence-electron chi connectivity index (χ1n) is 9.61. The van der Waals surface area contributed by atoms with Gasteiger partial charge in [0.2, 0.25) is 5.91 Å². The molecule has 0 fully saturated rings. The molecule has 0 unspecified atom stereocenters. The van der Waals surface area contributed by atoms with Crippen molar-refractivity contribution >= 4 is 35.8 Å². The van der Waals surface area contributed by atoms with Crippen LogP contribution in [0.5, 0.6) is 5.75 Å². The Labute approximate surface area is 192 Å². The van der Waals surface area contributed by atoms with E-state index in [1.54, 1.807) is 33.2 Å². The van der Waals surface area contributed by atoms with Crippen molar-refractivity contribution in [1.29, 1.82) is 0 Å². The summed E-state index contributed by atoms with van der Waals surface area (Å²) in [5, 5.41) is 6.69. The third-order valence-electron chi connectivity index (χ3n) is 4.45. The molecule has 0 saturated carbocycles. The Morgan fingerprint density at radius 3 is 2.34 bits per heavy atom. The van der Waals surface area contributed by atoms with Crippen molar-refractivity contribution in [3.8, 4) is 5.75 Å². The summed E-state index contributed by atoms with van der Waals surface area (Å²) < 4.78 is 10.4. The SMILES string of the molecule is COCCC(C)(C)CNC(=NCC(=O)N(C)C)NCCc1ccc(OC)cc1.I. The lowest BCUT2D eigenvalue weighted by molar-refractivity contribution is -0.127. The van der Waals surface area contributed by atoms with Gasteiger partial charge in [0.05, 0.1) is 7.11 Å². The molecule has 0 aromatic heterocycles. The maximum atomic E-state index is 11.9. The molecule has 0 spiro atoms. The van der Waals surface area contributed by atoms with Gasteiger partial charge in [-0.1, -0.05) is 26.0 Å². The standard InChI is InChI=1S/C21H36N4O3.HI/c1-21(2,12-14-27-5)16-24-20(23-15-19(26)25(3)4)22-13-11-17-7-9-18(28-6)10-8-17;/h7-10H,11-16H2,1-6H3,(H2,22,23,24);1H. The van der Waals surface area contributed by atoms with E-state index in [1.165, 1.54) is 5.56 Å². The van der Waals surface area contributed by atoms with Gasteiger partial charge in [0.1, 0.15) is 12.3 Å². The highest BCUT2D eigenvalue weighted by Gasteiger charge is 2.18. The predicted octanol–water partition coefficient (Wildman–Crippen LogP) is 2.54. The summed E-state index contributed by atoms with van der Waals surface area (Å²) in [5.74, 6) is 1.46. The third-order valence-corrected chi connectivity index (χ3v) is 4.45. The maximum absolute atomic E-state index is 11.9. The zero-order valence-electron chi connectivity index (χ0n) is 18.6. The average Bonchev–Trinajstić information content (AvgIpc) is 2.68. The van der Waals surface area contributed by atoms with Gasteiger partial charge >= 0.3 is 0 Å². The van der Waals surface area contributed by atoms with Gasteiger partial charge in [-0.15, -0.1) is 24.0 Å². The minimum absolute atomic E-state index is 0. The van der Waals surface area contributed by atoms with Gasteiger partial charge in [-0.3, -0.25) is 4.79 Å². The molecule has 0 aliphatic carbocycles. The van der Waals surface area contributed by atoms with Gasteiger partial charge in [-0.2, -0.15) is 0 Å². The van der Waals surface area contributed by atoms with E-state index in [4.69, 9.17) is 9.47 Å². The number of nitrogens with zero attached hydrogens (tertiary/aromatic N) is 2. The van der Waals surface area contributed by atoms with E-state index < -0.39 is 0 Å².